The lowest BCUT2D eigenvalue weighted by molar-refractivity contribution is 0.0774. The minimum atomic E-state index is 0.605. The van der Waals surface area contributed by atoms with Gasteiger partial charge in [0.25, 0.3) is 0 Å². The van der Waals surface area contributed by atoms with Crippen molar-refractivity contribution in [3.05, 3.63) is 17.5 Å². The molecule has 0 spiro atoms. The molecule has 0 aliphatic carbocycles. The first-order chi connectivity index (χ1) is 7.79. The van der Waals surface area contributed by atoms with E-state index in [0.29, 0.717) is 6.04 Å². The molecule has 1 fully saturated rings. The van der Waals surface area contributed by atoms with E-state index in [4.69, 9.17) is 4.74 Å². The van der Waals surface area contributed by atoms with Crippen LogP contribution in [0.3, 0.4) is 0 Å². The predicted molar refractivity (Wildman–Crippen MR) is 63.3 cm³/mol. The summed E-state index contributed by atoms with van der Waals surface area (Å²) in [6.45, 7) is 4.83. The molecule has 2 heterocycles. The average Bonchev–Trinajstić information content (AvgIpc) is 2.69. The summed E-state index contributed by atoms with van der Waals surface area (Å²) in [4.78, 5) is 0. The fourth-order valence-corrected chi connectivity index (χ4v) is 2.06. The minimum absolute atomic E-state index is 0.605. The van der Waals surface area contributed by atoms with Crippen molar-refractivity contribution in [3.8, 4) is 0 Å². The highest BCUT2D eigenvalue weighted by molar-refractivity contribution is 5.10. The third kappa shape index (κ3) is 2.83. The monoisotopic (exact) mass is 223 g/mol. The lowest BCUT2D eigenvalue weighted by Gasteiger charge is -2.23. The quantitative estimate of drug-likeness (QED) is 0.835. The zero-order chi connectivity index (χ0) is 11.4. The molecule has 0 aromatic carbocycles. The summed E-state index contributed by atoms with van der Waals surface area (Å²) < 4.78 is 7.32. The molecule has 1 saturated heterocycles. The summed E-state index contributed by atoms with van der Waals surface area (Å²) in [7, 11) is 2.01. The second-order valence-corrected chi connectivity index (χ2v) is 4.37. The van der Waals surface area contributed by atoms with Gasteiger partial charge in [0.1, 0.15) is 0 Å². The van der Waals surface area contributed by atoms with E-state index in [0.717, 1.165) is 39.0 Å². The number of hydrogen-bond donors (Lipinski definition) is 1. The van der Waals surface area contributed by atoms with E-state index in [1.807, 2.05) is 11.7 Å². The van der Waals surface area contributed by atoms with Gasteiger partial charge in [-0.2, -0.15) is 5.10 Å². The molecule has 90 valence electrons. The molecule has 0 bridgehead atoms. The topological polar surface area (TPSA) is 39.1 Å². The van der Waals surface area contributed by atoms with Crippen molar-refractivity contribution in [2.24, 2.45) is 7.05 Å². The number of rotatable bonds is 4. The van der Waals surface area contributed by atoms with Crippen molar-refractivity contribution in [1.82, 2.24) is 15.1 Å². The summed E-state index contributed by atoms with van der Waals surface area (Å²) in [5.41, 5.74) is 2.44. The number of nitrogens with zero attached hydrogens (tertiary/aromatic N) is 2. The molecule has 0 atom stereocenters. The highest BCUT2D eigenvalue weighted by atomic mass is 16.5. The maximum Gasteiger partial charge on any atom is 0.0625 e. The molecule has 2 rings (SSSR count). The van der Waals surface area contributed by atoms with Crippen LogP contribution in [0.15, 0.2) is 6.07 Å². The van der Waals surface area contributed by atoms with E-state index in [2.05, 4.69) is 23.4 Å². The number of ether oxygens (including phenoxy) is 1. The van der Waals surface area contributed by atoms with Crippen LogP contribution in [0.4, 0.5) is 0 Å². The predicted octanol–water partition coefficient (Wildman–Crippen LogP) is 1.25. The van der Waals surface area contributed by atoms with Crippen molar-refractivity contribution >= 4 is 0 Å². The lowest BCUT2D eigenvalue weighted by atomic mass is 10.1. The summed E-state index contributed by atoms with van der Waals surface area (Å²) in [5.74, 6) is 0. The number of aryl methyl sites for hydroxylation is 2. The molecule has 4 nitrogen and oxygen atoms in total. The Bertz CT molecular complexity index is 329. The van der Waals surface area contributed by atoms with Crippen LogP contribution in [-0.2, 0) is 24.8 Å². The largest absolute Gasteiger partial charge is 0.381 e. The Labute approximate surface area is 97.0 Å². The van der Waals surface area contributed by atoms with Crippen LogP contribution in [0.1, 0.15) is 31.2 Å². The van der Waals surface area contributed by atoms with E-state index in [9.17, 15) is 0 Å². The second kappa shape index (κ2) is 5.46. The Morgan fingerprint density at radius 1 is 1.50 bits per heavy atom. The van der Waals surface area contributed by atoms with Crippen LogP contribution in [0.5, 0.6) is 0 Å². The lowest BCUT2D eigenvalue weighted by Crippen LogP contribution is -2.34. The maximum absolute atomic E-state index is 5.34. The molecule has 4 heteroatoms. The summed E-state index contributed by atoms with van der Waals surface area (Å²) in [6.07, 6.45) is 3.25. The Hall–Kier alpha value is -0.870. The van der Waals surface area contributed by atoms with Gasteiger partial charge in [-0.3, -0.25) is 4.68 Å². The zero-order valence-electron chi connectivity index (χ0n) is 10.2. The van der Waals surface area contributed by atoms with Crippen LogP contribution in [0.25, 0.3) is 0 Å². The van der Waals surface area contributed by atoms with E-state index in [1.165, 1.54) is 11.4 Å². The number of hydrogen-bond acceptors (Lipinski definition) is 3. The van der Waals surface area contributed by atoms with Crippen molar-refractivity contribution in [2.45, 2.75) is 38.8 Å². The molecule has 16 heavy (non-hydrogen) atoms. The molecule has 1 N–H and O–H groups in total. The van der Waals surface area contributed by atoms with Crippen LogP contribution in [-0.4, -0.2) is 29.0 Å². The molecule has 0 saturated carbocycles. The molecule has 1 aliphatic heterocycles. The van der Waals surface area contributed by atoms with Crippen LogP contribution in [0.2, 0.25) is 0 Å². The molecule has 0 amide bonds. The molecular weight excluding hydrogens is 202 g/mol. The van der Waals surface area contributed by atoms with Gasteiger partial charge in [0.2, 0.25) is 0 Å². The summed E-state index contributed by atoms with van der Waals surface area (Å²) >= 11 is 0. The highest BCUT2D eigenvalue weighted by Gasteiger charge is 2.13. The van der Waals surface area contributed by atoms with E-state index >= 15 is 0 Å². The first kappa shape index (κ1) is 11.6. The average molecular weight is 223 g/mol. The summed E-state index contributed by atoms with van der Waals surface area (Å²) in [5, 5.41) is 8.02. The molecular formula is C12H21N3O. The molecule has 1 aromatic rings. The van der Waals surface area contributed by atoms with Gasteiger partial charge in [-0.05, 0) is 25.3 Å². The van der Waals surface area contributed by atoms with Gasteiger partial charge < -0.3 is 10.1 Å². The minimum Gasteiger partial charge on any atom is -0.381 e. The molecule has 0 radical (unpaired) electrons. The zero-order valence-corrected chi connectivity index (χ0v) is 10.2. The fraction of sp³-hybridized carbons (Fsp3) is 0.750. The number of aromatic nitrogens is 2. The van der Waals surface area contributed by atoms with E-state index in [1.54, 1.807) is 0 Å². The van der Waals surface area contributed by atoms with Gasteiger partial charge in [-0.15, -0.1) is 0 Å². The van der Waals surface area contributed by atoms with Gasteiger partial charge in [0, 0.05) is 32.8 Å². The van der Waals surface area contributed by atoms with Gasteiger partial charge in [0.15, 0.2) is 0 Å². The smallest absolute Gasteiger partial charge is 0.0625 e. The normalized spacial score (nSPS) is 17.9. The Morgan fingerprint density at radius 2 is 2.25 bits per heavy atom. The fourth-order valence-electron chi connectivity index (χ4n) is 2.06. The molecule has 1 aromatic heterocycles. The SMILES string of the molecule is CCc1cc(CNC2CCOCC2)n(C)n1. The third-order valence-corrected chi connectivity index (χ3v) is 3.18. The van der Waals surface area contributed by atoms with Crippen molar-refractivity contribution < 1.29 is 4.74 Å². The van der Waals surface area contributed by atoms with Gasteiger partial charge in [-0.1, -0.05) is 6.92 Å². The highest BCUT2D eigenvalue weighted by Crippen LogP contribution is 2.08. The number of nitrogens with one attached hydrogen (secondary N) is 1. The Balaban J connectivity index is 1.85. The van der Waals surface area contributed by atoms with Gasteiger partial charge in [-0.25, -0.2) is 0 Å². The second-order valence-electron chi connectivity index (χ2n) is 4.37. The standard InChI is InChI=1S/C12H21N3O/c1-3-10-8-12(15(2)14-10)9-13-11-4-6-16-7-5-11/h8,11,13H,3-7,9H2,1-2H3. The van der Waals surface area contributed by atoms with Gasteiger partial charge in [0.05, 0.1) is 11.4 Å². The maximum atomic E-state index is 5.34. The van der Waals surface area contributed by atoms with E-state index in [-0.39, 0.29) is 0 Å². The first-order valence-electron chi connectivity index (χ1n) is 6.12. The molecule has 1 aliphatic rings. The van der Waals surface area contributed by atoms with Crippen LogP contribution < -0.4 is 5.32 Å². The third-order valence-electron chi connectivity index (χ3n) is 3.18. The molecule has 0 unspecified atom stereocenters. The van der Waals surface area contributed by atoms with E-state index < -0.39 is 0 Å². The Kier molecular flexibility index (Phi) is 3.96. The Morgan fingerprint density at radius 3 is 2.88 bits per heavy atom. The van der Waals surface area contributed by atoms with Crippen LogP contribution >= 0.6 is 0 Å². The first-order valence-corrected chi connectivity index (χ1v) is 6.12. The van der Waals surface area contributed by atoms with Crippen molar-refractivity contribution in [1.29, 1.82) is 0 Å². The summed E-state index contributed by atoms with van der Waals surface area (Å²) in [6, 6.07) is 2.79. The van der Waals surface area contributed by atoms with Crippen molar-refractivity contribution in [2.75, 3.05) is 13.2 Å². The van der Waals surface area contributed by atoms with Crippen LogP contribution in [0, 0.1) is 0 Å². The van der Waals surface area contributed by atoms with Gasteiger partial charge >= 0.3 is 0 Å². The van der Waals surface area contributed by atoms with Crippen molar-refractivity contribution in [3.63, 3.8) is 0 Å².